The molecule has 2 amide bonds. The average molecular weight is 508 g/mol. The van der Waals surface area contributed by atoms with Gasteiger partial charge in [0.1, 0.15) is 6.04 Å². The maximum Gasteiger partial charge on any atom is 0.251 e. The fraction of sp³-hybridized carbons (Fsp3) is 0.414. The van der Waals surface area contributed by atoms with E-state index >= 15 is 0 Å². The summed E-state index contributed by atoms with van der Waals surface area (Å²) in [6.45, 7) is 11.3. The molecule has 1 aliphatic rings. The fourth-order valence-electron chi connectivity index (χ4n) is 5.31. The summed E-state index contributed by atoms with van der Waals surface area (Å²) in [7, 11) is 0. The van der Waals surface area contributed by atoms with Gasteiger partial charge in [-0.15, -0.1) is 0 Å². The number of amides is 2. The Hall–Kier alpha value is -3.12. The first-order valence-electron chi connectivity index (χ1n) is 12.4. The Labute approximate surface area is 217 Å². The maximum atomic E-state index is 13.6. The van der Waals surface area contributed by atoms with Gasteiger partial charge in [0.2, 0.25) is 5.91 Å². The average Bonchev–Trinajstić information content (AvgIpc) is 2.81. The van der Waals surface area contributed by atoms with Crippen molar-refractivity contribution in [1.29, 1.82) is 0 Å². The normalized spacial score (nSPS) is 18.3. The first-order chi connectivity index (χ1) is 17.0. The monoisotopic (exact) mass is 507 g/mol. The van der Waals surface area contributed by atoms with Gasteiger partial charge in [-0.1, -0.05) is 51.4 Å². The van der Waals surface area contributed by atoms with Gasteiger partial charge in [0.25, 0.3) is 5.91 Å². The smallest absolute Gasteiger partial charge is 0.251 e. The number of pyridine rings is 1. The van der Waals surface area contributed by atoms with E-state index in [9.17, 15) is 14.4 Å². The van der Waals surface area contributed by atoms with Crippen LogP contribution < -0.4 is 10.7 Å². The third-order valence-corrected chi connectivity index (χ3v) is 7.51. The molecule has 1 aromatic heterocycles. The molecule has 0 saturated carbocycles. The van der Waals surface area contributed by atoms with Crippen LogP contribution in [-0.4, -0.2) is 40.8 Å². The molecule has 3 aromatic rings. The topological polar surface area (TPSA) is 82.3 Å². The molecule has 2 atom stereocenters. The summed E-state index contributed by atoms with van der Waals surface area (Å²) in [6.07, 6.45) is 0.839. The molecule has 1 saturated heterocycles. The molecule has 2 N–H and O–H groups in total. The van der Waals surface area contributed by atoms with E-state index in [1.165, 1.54) is 11.6 Å². The third-order valence-electron chi connectivity index (χ3n) is 7.26. The van der Waals surface area contributed by atoms with E-state index in [1.54, 1.807) is 18.2 Å². The number of aromatic amines is 1. The third kappa shape index (κ3) is 5.34. The van der Waals surface area contributed by atoms with Gasteiger partial charge in [0.15, 0.2) is 5.43 Å². The van der Waals surface area contributed by atoms with Crippen LogP contribution in [0, 0.1) is 18.3 Å². The standard InChI is InChI=1S/C29H34ClN3O3/c1-17(2)26(32-27(35)20-8-11-24-22(15-20)25(34)14-18(3)31-24)28(36)33-13-12-23(29(4,5)16-33)19-6-9-21(30)10-7-19/h6-11,14-15,17,23,26H,12-13,16H2,1-5H3,(H,31,34)(H,32,35)/t23?,26-/m1/s1. The minimum atomic E-state index is -0.660. The Kier molecular flexibility index (Phi) is 7.28. The van der Waals surface area contributed by atoms with E-state index in [0.29, 0.717) is 40.5 Å². The van der Waals surface area contributed by atoms with Crippen LogP contribution in [0.3, 0.4) is 0 Å². The number of carbonyl (C=O) groups excluding carboxylic acids is 2. The summed E-state index contributed by atoms with van der Waals surface area (Å²) < 4.78 is 0. The number of fused-ring (bicyclic) bond motifs is 1. The van der Waals surface area contributed by atoms with Crippen LogP contribution >= 0.6 is 11.6 Å². The quantitative estimate of drug-likeness (QED) is 0.492. The second-order valence-electron chi connectivity index (χ2n) is 10.9. The zero-order valence-corrected chi connectivity index (χ0v) is 22.3. The highest BCUT2D eigenvalue weighted by Gasteiger charge is 2.40. The van der Waals surface area contributed by atoms with Crippen LogP contribution in [0.2, 0.25) is 5.02 Å². The Morgan fingerprint density at radius 2 is 1.81 bits per heavy atom. The van der Waals surface area contributed by atoms with E-state index in [-0.39, 0.29) is 28.6 Å². The van der Waals surface area contributed by atoms with Crippen molar-refractivity contribution in [2.45, 2.75) is 53.0 Å². The number of hydrogen-bond donors (Lipinski definition) is 2. The lowest BCUT2D eigenvalue weighted by molar-refractivity contribution is -0.137. The molecule has 4 rings (SSSR count). The zero-order valence-electron chi connectivity index (χ0n) is 21.5. The van der Waals surface area contributed by atoms with E-state index in [2.05, 4.69) is 36.3 Å². The van der Waals surface area contributed by atoms with Crippen LogP contribution in [0.5, 0.6) is 0 Å². The zero-order chi connectivity index (χ0) is 26.2. The predicted octanol–water partition coefficient (Wildman–Crippen LogP) is 5.29. The lowest BCUT2D eigenvalue weighted by atomic mass is 9.70. The van der Waals surface area contributed by atoms with Gasteiger partial charge in [-0.2, -0.15) is 0 Å². The fourth-order valence-corrected chi connectivity index (χ4v) is 5.44. The van der Waals surface area contributed by atoms with Crippen molar-refractivity contribution in [3.8, 4) is 0 Å². The lowest BCUT2D eigenvalue weighted by Crippen LogP contribution is -2.55. The van der Waals surface area contributed by atoms with Crippen molar-refractivity contribution in [2.24, 2.45) is 11.3 Å². The van der Waals surface area contributed by atoms with Gasteiger partial charge in [0, 0.05) is 46.3 Å². The second kappa shape index (κ2) is 10.1. The van der Waals surface area contributed by atoms with Gasteiger partial charge in [0.05, 0.1) is 0 Å². The van der Waals surface area contributed by atoms with Crippen molar-refractivity contribution in [3.63, 3.8) is 0 Å². The van der Waals surface area contributed by atoms with Gasteiger partial charge in [-0.25, -0.2) is 0 Å². The molecule has 7 heteroatoms. The number of aromatic nitrogens is 1. The Morgan fingerprint density at radius 3 is 2.44 bits per heavy atom. The summed E-state index contributed by atoms with van der Waals surface area (Å²) in [5.74, 6) is -0.218. The molecule has 6 nitrogen and oxygen atoms in total. The number of aryl methyl sites for hydroxylation is 1. The summed E-state index contributed by atoms with van der Waals surface area (Å²) in [5.41, 5.74) is 2.75. The highest BCUT2D eigenvalue weighted by atomic mass is 35.5. The number of likely N-dealkylation sites (tertiary alicyclic amines) is 1. The van der Waals surface area contributed by atoms with Crippen molar-refractivity contribution < 1.29 is 9.59 Å². The van der Waals surface area contributed by atoms with Crippen LogP contribution in [0.1, 0.15) is 61.6 Å². The largest absolute Gasteiger partial charge is 0.358 e. The van der Waals surface area contributed by atoms with Gasteiger partial charge in [-0.05, 0) is 66.5 Å². The summed E-state index contributed by atoms with van der Waals surface area (Å²) in [4.78, 5) is 44.2. The van der Waals surface area contributed by atoms with Gasteiger partial charge >= 0.3 is 0 Å². The van der Waals surface area contributed by atoms with Crippen molar-refractivity contribution >= 4 is 34.3 Å². The first-order valence-corrected chi connectivity index (χ1v) is 12.8. The lowest BCUT2D eigenvalue weighted by Gasteiger charge is -2.45. The number of nitrogens with one attached hydrogen (secondary N) is 2. The number of piperidine rings is 1. The molecule has 0 radical (unpaired) electrons. The van der Waals surface area contributed by atoms with Crippen molar-refractivity contribution in [3.05, 3.63) is 80.6 Å². The number of nitrogens with zero attached hydrogens (tertiary/aromatic N) is 1. The van der Waals surface area contributed by atoms with E-state index in [1.807, 2.05) is 37.8 Å². The molecule has 0 aliphatic carbocycles. The molecule has 0 spiro atoms. The molecular formula is C29H34ClN3O3. The molecule has 0 bridgehead atoms. The molecule has 1 aliphatic heterocycles. The number of halogens is 1. The molecule has 36 heavy (non-hydrogen) atoms. The first kappa shape index (κ1) is 26.0. The van der Waals surface area contributed by atoms with Gasteiger partial charge < -0.3 is 15.2 Å². The van der Waals surface area contributed by atoms with Crippen LogP contribution in [-0.2, 0) is 4.79 Å². The highest BCUT2D eigenvalue weighted by molar-refractivity contribution is 6.30. The van der Waals surface area contributed by atoms with E-state index in [4.69, 9.17) is 11.6 Å². The number of carbonyl (C=O) groups is 2. The maximum absolute atomic E-state index is 13.6. The van der Waals surface area contributed by atoms with E-state index in [0.717, 1.165) is 12.1 Å². The molecule has 1 unspecified atom stereocenters. The number of rotatable bonds is 5. The van der Waals surface area contributed by atoms with Gasteiger partial charge in [-0.3, -0.25) is 14.4 Å². The predicted molar refractivity (Wildman–Crippen MR) is 145 cm³/mol. The molecule has 190 valence electrons. The highest BCUT2D eigenvalue weighted by Crippen LogP contribution is 2.42. The van der Waals surface area contributed by atoms with E-state index < -0.39 is 6.04 Å². The molecule has 2 heterocycles. The van der Waals surface area contributed by atoms with Crippen LogP contribution in [0.15, 0.2) is 53.3 Å². The number of hydrogen-bond acceptors (Lipinski definition) is 3. The van der Waals surface area contributed by atoms with Crippen LogP contribution in [0.25, 0.3) is 10.9 Å². The molecular weight excluding hydrogens is 474 g/mol. The summed E-state index contributed by atoms with van der Waals surface area (Å²) >= 11 is 6.07. The SMILES string of the molecule is Cc1cc(=O)c2cc(C(=O)N[C@@H](C(=O)N3CCC(c4ccc(Cl)cc4)C(C)(C)C3)C(C)C)ccc2[nH]1. The minimum Gasteiger partial charge on any atom is -0.358 e. The van der Waals surface area contributed by atoms with Crippen molar-refractivity contribution in [1.82, 2.24) is 15.2 Å². The number of benzene rings is 2. The second-order valence-corrected chi connectivity index (χ2v) is 11.3. The Bertz CT molecular complexity index is 1340. The number of H-pyrrole nitrogens is 1. The molecule has 1 fully saturated rings. The summed E-state index contributed by atoms with van der Waals surface area (Å²) in [6, 6.07) is 13.8. The van der Waals surface area contributed by atoms with Crippen molar-refractivity contribution in [2.75, 3.05) is 13.1 Å². The Morgan fingerprint density at radius 1 is 1.11 bits per heavy atom. The molecule has 2 aromatic carbocycles. The van der Waals surface area contributed by atoms with Crippen LogP contribution in [0.4, 0.5) is 0 Å². The summed E-state index contributed by atoms with van der Waals surface area (Å²) in [5, 5.41) is 4.11. The Balaban J connectivity index is 1.50. The minimum absolute atomic E-state index is 0.0738.